The van der Waals surface area contributed by atoms with Gasteiger partial charge in [0.25, 0.3) is 0 Å². The summed E-state index contributed by atoms with van der Waals surface area (Å²) in [5.74, 6) is 0. The molecule has 10 heteroatoms. The molecule has 1 saturated heterocycles. The van der Waals surface area contributed by atoms with E-state index in [1.54, 1.807) is 20.9 Å². The Kier molecular flexibility index (Phi) is 4.48. The second-order valence-corrected chi connectivity index (χ2v) is 10.8. The second-order valence-electron chi connectivity index (χ2n) is 6.80. The molecule has 1 aliphatic rings. The average molecular weight is 399 g/mol. The largest absolute Gasteiger partial charge is 0.308 e. The van der Waals surface area contributed by atoms with Crippen LogP contribution in [0.3, 0.4) is 0 Å². The van der Waals surface area contributed by atoms with Gasteiger partial charge in [-0.25, -0.2) is 16.8 Å². The van der Waals surface area contributed by atoms with Gasteiger partial charge in [0.05, 0.1) is 10.1 Å². The fraction of sp³-hybridized carbons (Fsp3) is 0.500. The topological polar surface area (TPSA) is 102 Å². The Balaban J connectivity index is 1.91. The SMILES string of the molecule is Cc1cc(C)c(C)c(S(=O)(=O)N2CC(S(=O)(=O)c3nncn3C)C2)c1C. The minimum absolute atomic E-state index is 0.0800. The lowest BCUT2D eigenvalue weighted by molar-refractivity contribution is 0.308. The third kappa shape index (κ3) is 2.76. The fourth-order valence-corrected chi connectivity index (χ4v) is 7.12. The smallest absolute Gasteiger partial charge is 0.249 e. The summed E-state index contributed by atoms with van der Waals surface area (Å²) in [5, 5.41) is 6.28. The standard InChI is InChI=1S/C16H22N4O4S2/c1-10-6-11(2)13(4)15(12(10)3)26(23,24)20-7-14(8-20)25(21,22)16-18-17-9-19(16)5/h6,9,14H,7-8H2,1-5H3. The van der Waals surface area contributed by atoms with Crippen LogP contribution in [0.4, 0.5) is 0 Å². The number of aryl methyl sites for hydroxylation is 3. The first kappa shape index (κ1) is 19.0. The fourth-order valence-electron chi connectivity index (χ4n) is 3.17. The highest BCUT2D eigenvalue weighted by Gasteiger charge is 2.46. The Hall–Kier alpha value is -1.78. The van der Waals surface area contributed by atoms with E-state index in [1.165, 1.54) is 15.2 Å². The molecule has 0 spiro atoms. The molecule has 2 aromatic rings. The highest BCUT2D eigenvalue weighted by Crippen LogP contribution is 2.33. The van der Waals surface area contributed by atoms with E-state index in [0.717, 1.165) is 11.1 Å². The maximum atomic E-state index is 13.1. The molecule has 8 nitrogen and oxygen atoms in total. The Bertz CT molecular complexity index is 1060. The molecule has 1 aromatic carbocycles. The summed E-state index contributed by atoms with van der Waals surface area (Å²) in [6.07, 6.45) is 1.31. The number of sulfonamides is 1. The number of sulfone groups is 1. The van der Waals surface area contributed by atoms with E-state index in [2.05, 4.69) is 10.2 Å². The van der Waals surface area contributed by atoms with Gasteiger partial charge in [0.1, 0.15) is 6.33 Å². The van der Waals surface area contributed by atoms with Gasteiger partial charge in [-0.3, -0.25) is 0 Å². The van der Waals surface area contributed by atoms with Gasteiger partial charge in [0.15, 0.2) is 0 Å². The lowest BCUT2D eigenvalue weighted by Crippen LogP contribution is -2.57. The van der Waals surface area contributed by atoms with E-state index in [0.29, 0.717) is 11.1 Å². The highest BCUT2D eigenvalue weighted by molar-refractivity contribution is 7.92. The summed E-state index contributed by atoms with van der Waals surface area (Å²) in [4.78, 5) is 0.282. The molecule has 0 atom stereocenters. The van der Waals surface area contributed by atoms with Crippen LogP contribution in [0, 0.1) is 27.7 Å². The third-order valence-electron chi connectivity index (χ3n) is 5.07. The van der Waals surface area contributed by atoms with Crippen LogP contribution in [-0.4, -0.2) is 54.2 Å². The van der Waals surface area contributed by atoms with E-state index in [4.69, 9.17) is 0 Å². The monoisotopic (exact) mass is 398 g/mol. The molecule has 0 saturated carbocycles. The van der Waals surface area contributed by atoms with Crippen LogP contribution in [-0.2, 0) is 26.9 Å². The number of hydrogen-bond acceptors (Lipinski definition) is 6. The Morgan fingerprint density at radius 2 is 1.54 bits per heavy atom. The van der Waals surface area contributed by atoms with Gasteiger partial charge < -0.3 is 4.57 Å². The van der Waals surface area contributed by atoms with Crippen molar-refractivity contribution in [3.05, 3.63) is 34.6 Å². The van der Waals surface area contributed by atoms with Crippen molar-refractivity contribution in [2.24, 2.45) is 7.05 Å². The molecule has 0 N–H and O–H groups in total. The summed E-state index contributed by atoms with van der Waals surface area (Å²) >= 11 is 0. The van der Waals surface area contributed by atoms with E-state index >= 15 is 0 Å². The van der Waals surface area contributed by atoms with Crippen molar-refractivity contribution in [1.29, 1.82) is 0 Å². The van der Waals surface area contributed by atoms with Crippen LogP contribution in [0.5, 0.6) is 0 Å². The number of aromatic nitrogens is 3. The second kappa shape index (κ2) is 6.14. The summed E-state index contributed by atoms with van der Waals surface area (Å²) in [6, 6.07) is 1.96. The zero-order valence-corrected chi connectivity index (χ0v) is 17.0. The molecule has 1 fully saturated rings. The lowest BCUT2D eigenvalue weighted by atomic mass is 10.0. The molecule has 0 radical (unpaired) electrons. The molecule has 0 amide bonds. The molecule has 3 rings (SSSR count). The van der Waals surface area contributed by atoms with Crippen molar-refractivity contribution >= 4 is 19.9 Å². The van der Waals surface area contributed by atoms with Crippen molar-refractivity contribution in [2.45, 2.75) is 43.0 Å². The maximum absolute atomic E-state index is 13.1. The predicted octanol–water partition coefficient (Wildman–Crippen LogP) is 0.896. The van der Waals surface area contributed by atoms with Crippen molar-refractivity contribution in [3.63, 3.8) is 0 Å². The van der Waals surface area contributed by atoms with Crippen LogP contribution in [0.2, 0.25) is 0 Å². The minimum Gasteiger partial charge on any atom is -0.308 e. The van der Waals surface area contributed by atoms with Gasteiger partial charge in [0.2, 0.25) is 25.0 Å². The first-order valence-electron chi connectivity index (χ1n) is 8.13. The zero-order valence-electron chi connectivity index (χ0n) is 15.4. The molecule has 2 heterocycles. The van der Waals surface area contributed by atoms with Gasteiger partial charge in [-0.1, -0.05) is 6.07 Å². The number of nitrogens with zero attached hydrogens (tertiary/aromatic N) is 4. The van der Waals surface area contributed by atoms with Crippen LogP contribution in [0.25, 0.3) is 0 Å². The van der Waals surface area contributed by atoms with Crippen LogP contribution < -0.4 is 0 Å². The quantitative estimate of drug-likeness (QED) is 0.758. The summed E-state index contributed by atoms with van der Waals surface area (Å²) in [7, 11) is -5.93. The predicted molar refractivity (Wildman–Crippen MR) is 96.1 cm³/mol. The van der Waals surface area contributed by atoms with Gasteiger partial charge in [-0.2, -0.15) is 4.31 Å². The Morgan fingerprint density at radius 3 is 2.00 bits per heavy atom. The molecule has 1 aliphatic heterocycles. The van der Waals surface area contributed by atoms with Crippen molar-refractivity contribution < 1.29 is 16.8 Å². The lowest BCUT2D eigenvalue weighted by Gasteiger charge is -2.37. The molecule has 0 bridgehead atoms. The molecule has 1 aromatic heterocycles. The van der Waals surface area contributed by atoms with E-state index < -0.39 is 25.1 Å². The van der Waals surface area contributed by atoms with Crippen LogP contribution in [0.15, 0.2) is 22.4 Å². The highest BCUT2D eigenvalue weighted by atomic mass is 32.2. The third-order valence-corrected chi connectivity index (χ3v) is 9.23. The maximum Gasteiger partial charge on any atom is 0.249 e. The Morgan fingerprint density at radius 1 is 1.00 bits per heavy atom. The first-order chi connectivity index (χ1) is 12.0. The van der Waals surface area contributed by atoms with Crippen molar-refractivity contribution in [1.82, 2.24) is 19.1 Å². The number of rotatable bonds is 4. The Labute approximate surface area is 153 Å². The van der Waals surface area contributed by atoms with Gasteiger partial charge >= 0.3 is 0 Å². The first-order valence-corrected chi connectivity index (χ1v) is 11.1. The van der Waals surface area contributed by atoms with Crippen LogP contribution >= 0.6 is 0 Å². The molecule has 142 valence electrons. The normalized spacial score (nSPS) is 16.7. The molecular weight excluding hydrogens is 376 g/mol. The number of benzene rings is 1. The van der Waals surface area contributed by atoms with Crippen LogP contribution in [0.1, 0.15) is 22.3 Å². The summed E-state index contributed by atoms with van der Waals surface area (Å²) in [5.41, 5.74) is 3.20. The minimum atomic E-state index is -3.75. The van der Waals surface area contributed by atoms with Crippen molar-refractivity contribution in [3.8, 4) is 0 Å². The average Bonchev–Trinajstić information content (AvgIpc) is 2.90. The molecule has 0 unspecified atom stereocenters. The molecular formula is C16H22N4O4S2. The van der Waals surface area contributed by atoms with Gasteiger partial charge in [-0.15, -0.1) is 10.2 Å². The van der Waals surface area contributed by atoms with E-state index in [9.17, 15) is 16.8 Å². The van der Waals surface area contributed by atoms with Crippen molar-refractivity contribution in [2.75, 3.05) is 13.1 Å². The summed E-state index contributed by atoms with van der Waals surface area (Å²) in [6.45, 7) is 7.15. The van der Waals surface area contributed by atoms with Gasteiger partial charge in [-0.05, 0) is 49.9 Å². The van der Waals surface area contributed by atoms with E-state index in [1.807, 2.05) is 19.9 Å². The molecule has 26 heavy (non-hydrogen) atoms. The zero-order chi connectivity index (χ0) is 19.4. The van der Waals surface area contributed by atoms with Gasteiger partial charge in [0, 0.05) is 20.1 Å². The van der Waals surface area contributed by atoms with E-state index in [-0.39, 0.29) is 23.1 Å². The summed E-state index contributed by atoms with van der Waals surface area (Å²) < 4.78 is 53.9. The number of hydrogen-bond donors (Lipinski definition) is 0. The molecule has 0 aliphatic carbocycles.